The van der Waals surface area contributed by atoms with E-state index in [0.717, 1.165) is 38.5 Å². The zero-order valence-electron chi connectivity index (χ0n) is 12.2. The fourth-order valence-electron chi connectivity index (χ4n) is 3.60. The van der Waals surface area contributed by atoms with Crippen molar-refractivity contribution in [1.82, 2.24) is 0 Å². The fraction of sp³-hybridized carbons (Fsp3) is 0.875. The Morgan fingerprint density at radius 2 is 1.48 bits per heavy atom. The Kier molecular flexibility index (Phi) is 8.76. The molecule has 2 saturated carbocycles. The Morgan fingerprint density at radius 3 is 2.00 bits per heavy atom. The number of esters is 1. The number of aliphatic carboxylic acids is 1. The molecule has 0 heterocycles. The average molecular weight is 400 g/mol. The molecule has 120 valence electrons. The summed E-state index contributed by atoms with van der Waals surface area (Å²) in [7, 11) is 0. The molecule has 0 saturated heterocycles. The number of carbonyl (C=O) groups excluding carboxylic acids is 1. The van der Waals surface area contributed by atoms with Crippen LogP contribution in [0.5, 0.6) is 0 Å². The van der Waals surface area contributed by atoms with Crippen LogP contribution in [0.25, 0.3) is 0 Å². The molecule has 0 aromatic rings. The second kappa shape index (κ2) is 9.75. The van der Waals surface area contributed by atoms with Gasteiger partial charge in [-0.05, 0) is 31.6 Å². The van der Waals surface area contributed by atoms with Crippen molar-refractivity contribution in [1.29, 1.82) is 0 Å². The quantitative estimate of drug-likeness (QED) is 0.720. The van der Waals surface area contributed by atoms with Gasteiger partial charge in [0.15, 0.2) is 0 Å². The van der Waals surface area contributed by atoms with Crippen molar-refractivity contribution < 1.29 is 19.4 Å². The van der Waals surface area contributed by atoms with Gasteiger partial charge in [0, 0.05) is 12.3 Å². The Labute approximate surface area is 145 Å². The molecule has 1 N–H and O–H groups in total. The molecule has 0 aliphatic heterocycles. The topological polar surface area (TPSA) is 63.6 Å². The first-order valence-electron chi connectivity index (χ1n) is 8.09. The summed E-state index contributed by atoms with van der Waals surface area (Å²) in [6.07, 6.45) is 10.3. The molecule has 0 radical (unpaired) electrons. The normalized spacial score (nSPS) is 22.1. The number of carboxylic acid groups (broad SMARTS) is 1. The van der Waals surface area contributed by atoms with E-state index in [4.69, 9.17) is 4.74 Å². The van der Waals surface area contributed by atoms with Gasteiger partial charge in [-0.25, -0.2) is 4.79 Å². The molecular weight excluding hydrogens is 371 g/mol. The van der Waals surface area contributed by atoms with Crippen LogP contribution in [0.15, 0.2) is 0 Å². The second-order valence-corrected chi connectivity index (χ2v) is 6.35. The maximum absolute atomic E-state index is 12.0. The van der Waals surface area contributed by atoms with Crippen molar-refractivity contribution in [3.8, 4) is 0 Å². The van der Waals surface area contributed by atoms with Gasteiger partial charge in [0.25, 0.3) is 0 Å². The van der Waals surface area contributed by atoms with Crippen LogP contribution in [0.3, 0.4) is 0 Å². The van der Waals surface area contributed by atoms with Crippen LogP contribution < -0.4 is 0 Å². The van der Waals surface area contributed by atoms with Crippen molar-refractivity contribution in [2.45, 2.75) is 76.7 Å². The zero-order chi connectivity index (χ0) is 14.4. The van der Waals surface area contributed by atoms with Crippen molar-refractivity contribution in [2.75, 3.05) is 0 Å². The standard InChI is InChI=1S/C16H26O4.In.3H/c17-14(11-12-7-3-1-4-8-12)20-15(16(18)19)13-9-5-2-6-10-13;;;;/h12-13,15H,1-11H2,(H,18,19);;;;. The van der Waals surface area contributed by atoms with Gasteiger partial charge in [-0.15, -0.1) is 0 Å². The Bertz CT molecular complexity index is 333. The van der Waals surface area contributed by atoms with Gasteiger partial charge < -0.3 is 9.84 Å². The van der Waals surface area contributed by atoms with E-state index >= 15 is 0 Å². The fourth-order valence-corrected chi connectivity index (χ4v) is 3.60. The van der Waals surface area contributed by atoms with E-state index in [9.17, 15) is 14.7 Å². The number of hydrogen-bond donors (Lipinski definition) is 1. The third-order valence-electron chi connectivity index (χ3n) is 4.76. The van der Waals surface area contributed by atoms with E-state index in [2.05, 4.69) is 0 Å². The van der Waals surface area contributed by atoms with Gasteiger partial charge in [-0.3, -0.25) is 4.79 Å². The molecule has 1 unspecified atom stereocenters. The molecule has 2 aliphatic carbocycles. The molecule has 0 aromatic carbocycles. The number of carbonyl (C=O) groups is 2. The molecule has 0 bridgehead atoms. The van der Waals surface area contributed by atoms with Crippen LogP contribution >= 0.6 is 0 Å². The van der Waals surface area contributed by atoms with Crippen LogP contribution in [-0.4, -0.2) is 49.0 Å². The maximum atomic E-state index is 12.0. The van der Waals surface area contributed by atoms with Gasteiger partial charge in [0.1, 0.15) is 0 Å². The van der Waals surface area contributed by atoms with E-state index in [1.807, 2.05) is 0 Å². The molecular formula is C16H29InO4. The van der Waals surface area contributed by atoms with Crippen LogP contribution in [-0.2, 0) is 14.3 Å². The number of hydrogen-bond acceptors (Lipinski definition) is 3. The van der Waals surface area contributed by atoms with Crippen molar-refractivity contribution >= 4 is 37.8 Å². The predicted octanol–water partition coefficient (Wildman–Crippen LogP) is 2.35. The van der Waals surface area contributed by atoms with Gasteiger partial charge in [-0.2, -0.15) is 0 Å². The molecule has 0 amide bonds. The molecule has 1 atom stereocenters. The molecule has 2 rings (SSSR count). The molecule has 21 heavy (non-hydrogen) atoms. The Hall–Kier alpha value is -0.190. The molecule has 5 heteroatoms. The Balaban J connectivity index is 0.00000220. The van der Waals surface area contributed by atoms with Crippen LogP contribution in [0.1, 0.15) is 70.6 Å². The summed E-state index contributed by atoms with van der Waals surface area (Å²) in [6, 6.07) is 0. The SMILES string of the molecule is O=C(CC1CCCCC1)OC(C(=O)O)C1CCCCC1.[InH3]. The number of ether oxygens (including phenoxy) is 1. The van der Waals surface area contributed by atoms with Crippen LogP contribution in [0.4, 0.5) is 0 Å². The molecule has 2 fully saturated rings. The summed E-state index contributed by atoms with van der Waals surface area (Å²) < 4.78 is 5.32. The van der Waals surface area contributed by atoms with E-state index < -0.39 is 12.1 Å². The van der Waals surface area contributed by atoms with Crippen molar-refractivity contribution in [3.63, 3.8) is 0 Å². The monoisotopic (exact) mass is 400 g/mol. The second-order valence-electron chi connectivity index (χ2n) is 6.35. The first-order valence-corrected chi connectivity index (χ1v) is 8.09. The molecule has 4 nitrogen and oxygen atoms in total. The molecule has 0 spiro atoms. The summed E-state index contributed by atoms with van der Waals surface area (Å²) in [4.78, 5) is 23.3. The van der Waals surface area contributed by atoms with Crippen molar-refractivity contribution in [2.24, 2.45) is 11.8 Å². The third-order valence-corrected chi connectivity index (χ3v) is 4.76. The van der Waals surface area contributed by atoms with Gasteiger partial charge >= 0.3 is 37.8 Å². The molecule has 0 aromatic heterocycles. The minimum atomic E-state index is -0.978. The van der Waals surface area contributed by atoms with Crippen LogP contribution in [0.2, 0.25) is 0 Å². The minimum absolute atomic E-state index is 0. The van der Waals surface area contributed by atoms with E-state index in [1.165, 1.54) is 25.7 Å². The van der Waals surface area contributed by atoms with Gasteiger partial charge in [-0.1, -0.05) is 38.5 Å². The summed E-state index contributed by atoms with van der Waals surface area (Å²) in [6.45, 7) is 0. The number of carboxylic acids is 1. The molecule has 2 aliphatic rings. The van der Waals surface area contributed by atoms with Gasteiger partial charge in [0.05, 0.1) is 0 Å². The summed E-state index contributed by atoms with van der Waals surface area (Å²) >= 11 is 0. The predicted molar refractivity (Wildman–Crippen MR) is 85.2 cm³/mol. The van der Waals surface area contributed by atoms with E-state index in [1.54, 1.807) is 0 Å². The van der Waals surface area contributed by atoms with E-state index in [0.29, 0.717) is 12.3 Å². The van der Waals surface area contributed by atoms with Crippen molar-refractivity contribution in [3.05, 3.63) is 0 Å². The first-order chi connectivity index (χ1) is 9.66. The third kappa shape index (κ3) is 6.21. The Morgan fingerprint density at radius 1 is 0.952 bits per heavy atom. The van der Waals surface area contributed by atoms with Crippen LogP contribution in [0, 0.1) is 11.8 Å². The average Bonchev–Trinajstić information content (AvgIpc) is 2.46. The van der Waals surface area contributed by atoms with Gasteiger partial charge in [0.2, 0.25) is 6.10 Å². The zero-order valence-corrected chi connectivity index (χ0v) is 12.2. The van der Waals surface area contributed by atoms with E-state index in [-0.39, 0.29) is 37.7 Å². The summed E-state index contributed by atoms with van der Waals surface area (Å²) in [5, 5.41) is 9.30. The summed E-state index contributed by atoms with van der Waals surface area (Å²) in [5.74, 6) is -0.877. The first kappa shape index (κ1) is 18.9. The number of rotatable bonds is 5. The summed E-state index contributed by atoms with van der Waals surface area (Å²) in [5.41, 5.74) is 0.